The Hall–Kier alpha value is -3.33. The number of urea groups is 1. The fraction of sp³-hybridized carbons (Fsp3) is 0.333. The van der Waals surface area contributed by atoms with E-state index in [0.717, 1.165) is 10.5 Å². The van der Waals surface area contributed by atoms with Gasteiger partial charge in [-0.25, -0.2) is 14.0 Å². The average Bonchev–Trinajstić information content (AvgIpc) is 3.22. The van der Waals surface area contributed by atoms with Crippen LogP contribution in [0.1, 0.15) is 24.3 Å². The highest BCUT2D eigenvalue weighted by molar-refractivity contribution is 5.95. The number of rotatable bonds is 8. The van der Waals surface area contributed by atoms with Crippen LogP contribution < -0.4 is 20.3 Å². The summed E-state index contributed by atoms with van der Waals surface area (Å²) in [4.78, 5) is 25.9. The number of hydrogen-bond donors (Lipinski definition) is 3. The fourth-order valence-electron chi connectivity index (χ4n) is 3.41. The van der Waals surface area contributed by atoms with Crippen LogP contribution in [-0.4, -0.2) is 39.3 Å². The van der Waals surface area contributed by atoms with Crippen molar-refractivity contribution in [2.75, 3.05) is 27.3 Å². The van der Waals surface area contributed by atoms with E-state index in [1.807, 2.05) is 7.05 Å². The zero-order valence-corrected chi connectivity index (χ0v) is 17.1. The molecule has 0 radical (unpaired) electrons. The molecule has 3 N–H and O–H groups in total. The third-order valence-corrected chi connectivity index (χ3v) is 4.68. The predicted octanol–water partition coefficient (Wildman–Crippen LogP) is 1.31. The number of quaternary nitrogens is 1. The van der Waals surface area contributed by atoms with Gasteiger partial charge >= 0.3 is 12.0 Å². The molecule has 1 aliphatic heterocycles. The quantitative estimate of drug-likeness (QED) is 0.562. The Morgan fingerprint density at radius 3 is 2.73 bits per heavy atom. The number of ether oxygens (including phenoxy) is 2. The van der Waals surface area contributed by atoms with Crippen LogP contribution in [0.25, 0.3) is 0 Å². The van der Waals surface area contributed by atoms with Crippen molar-refractivity contribution in [1.29, 1.82) is 0 Å². The molecule has 0 fully saturated rings. The van der Waals surface area contributed by atoms with E-state index < -0.39 is 23.9 Å². The van der Waals surface area contributed by atoms with Crippen LogP contribution in [0.2, 0.25) is 0 Å². The van der Waals surface area contributed by atoms with Gasteiger partial charge in [-0.15, -0.1) is 0 Å². The van der Waals surface area contributed by atoms with Gasteiger partial charge in [-0.1, -0.05) is 0 Å². The number of nitrogens with one attached hydrogen (secondary N) is 3. The second-order valence-electron chi connectivity index (χ2n) is 6.94. The smallest absolute Gasteiger partial charge is 0.338 e. The number of hydrogen-bond acceptors (Lipinski definition) is 5. The van der Waals surface area contributed by atoms with E-state index in [0.29, 0.717) is 24.5 Å². The summed E-state index contributed by atoms with van der Waals surface area (Å²) in [7, 11) is 3.29. The number of methoxy groups -OCH3 is 1. The van der Waals surface area contributed by atoms with Crippen molar-refractivity contribution >= 4 is 12.0 Å². The SMILES string of the molecule is CCOC(=O)C1=C(C[NH+](C)Cc2ccc(OC)c(F)c2)NC(=O)N[C@H]1c1ccco1. The monoisotopic (exact) mass is 418 g/mol. The molecule has 2 heterocycles. The summed E-state index contributed by atoms with van der Waals surface area (Å²) in [5.74, 6) is -0.372. The van der Waals surface area contributed by atoms with Crippen LogP contribution in [0.5, 0.6) is 5.75 Å². The maximum atomic E-state index is 14.0. The molecule has 2 aromatic rings. The zero-order valence-electron chi connectivity index (χ0n) is 17.1. The van der Waals surface area contributed by atoms with Gasteiger partial charge in [-0.3, -0.25) is 0 Å². The molecule has 1 aromatic carbocycles. The number of benzene rings is 1. The predicted molar refractivity (Wildman–Crippen MR) is 105 cm³/mol. The Balaban J connectivity index is 1.86. The first-order valence-electron chi connectivity index (χ1n) is 9.57. The Labute approximate surface area is 173 Å². The van der Waals surface area contributed by atoms with E-state index in [9.17, 15) is 14.0 Å². The van der Waals surface area contributed by atoms with Gasteiger partial charge in [0.2, 0.25) is 0 Å². The largest absolute Gasteiger partial charge is 0.494 e. The molecule has 1 unspecified atom stereocenters. The molecule has 0 saturated carbocycles. The molecule has 0 saturated heterocycles. The lowest BCUT2D eigenvalue weighted by atomic mass is 10.00. The molecule has 160 valence electrons. The third kappa shape index (κ3) is 4.80. The lowest BCUT2D eigenvalue weighted by molar-refractivity contribution is -0.889. The lowest BCUT2D eigenvalue weighted by Crippen LogP contribution is -3.08. The van der Waals surface area contributed by atoms with Crippen molar-refractivity contribution in [3.05, 3.63) is 65.0 Å². The number of halogens is 1. The van der Waals surface area contributed by atoms with Crippen LogP contribution >= 0.6 is 0 Å². The molecule has 3 rings (SSSR count). The maximum absolute atomic E-state index is 14.0. The van der Waals surface area contributed by atoms with Gasteiger partial charge in [0.15, 0.2) is 11.6 Å². The summed E-state index contributed by atoms with van der Waals surface area (Å²) in [6.45, 7) is 2.69. The molecule has 8 nitrogen and oxygen atoms in total. The van der Waals surface area contributed by atoms with Gasteiger partial charge in [0.25, 0.3) is 0 Å². The van der Waals surface area contributed by atoms with Crippen molar-refractivity contribution in [3.8, 4) is 5.75 Å². The van der Waals surface area contributed by atoms with Crippen molar-refractivity contribution in [2.45, 2.75) is 19.5 Å². The van der Waals surface area contributed by atoms with Crippen LogP contribution in [-0.2, 0) is 16.1 Å². The van der Waals surface area contributed by atoms with E-state index in [-0.39, 0.29) is 17.9 Å². The highest BCUT2D eigenvalue weighted by Crippen LogP contribution is 2.27. The summed E-state index contributed by atoms with van der Waals surface area (Å²) < 4.78 is 29.6. The molecule has 0 spiro atoms. The van der Waals surface area contributed by atoms with Gasteiger partial charge in [0.05, 0.1) is 38.3 Å². The highest BCUT2D eigenvalue weighted by atomic mass is 19.1. The van der Waals surface area contributed by atoms with Crippen molar-refractivity contribution in [3.63, 3.8) is 0 Å². The molecule has 1 aromatic heterocycles. The summed E-state index contributed by atoms with van der Waals surface area (Å²) >= 11 is 0. The van der Waals surface area contributed by atoms with E-state index in [1.54, 1.807) is 31.2 Å². The normalized spacial score (nSPS) is 17.2. The first kappa shape index (κ1) is 21.4. The minimum Gasteiger partial charge on any atom is -0.494 e. The van der Waals surface area contributed by atoms with Gasteiger partial charge in [-0.2, -0.15) is 0 Å². The van der Waals surface area contributed by atoms with Gasteiger partial charge in [-0.05, 0) is 37.3 Å². The maximum Gasteiger partial charge on any atom is 0.338 e. The van der Waals surface area contributed by atoms with Gasteiger partial charge in [0, 0.05) is 5.56 Å². The highest BCUT2D eigenvalue weighted by Gasteiger charge is 2.36. The molecular formula is C21H25FN3O5+. The lowest BCUT2D eigenvalue weighted by Gasteiger charge is -2.28. The second-order valence-corrected chi connectivity index (χ2v) is 6.94. The average molecular weight is 418 g/mol. The number of amides is 2. The van der Waals surface area contributed by atoms with Gasteiger partial charge < -0.3 is 29.4 Å². The summed E-state index contributed by atoms with van der Waals surface area (Å²) in [5.41, 5.74) is 1.48. The Bertz CT molecular complexity index is 942. The van der Waals surface area contributed by atoms with E-state index in [1.165, 1.54) is 19.4 Å². The van der Waals surface area contributed by atoms with E-state index in [2.05, 4.69) is 10.6 Å². The Kier molecular flexibility index (Phi) is 6.73. The first-order chi connectivity index (χ1) is 14.4. The molecule has 1 aliphatic rings. The molecule has 9 heteroatoms. The van der Waals surface area contributed by atoms with Crippen LogP contribution in [0.4, 0.5) is 9.18 Å². The molecule has 30 heavy (non-hydrogen) atoms. The molecule has 0 bridgehead atoms. The molecule has 2 amide bonds. The minimum atomic E-state index is -0.756. The van der Waals surface area contributed by atoms with Crippen molar-refractivity contribution in [2.24, 2.45) is 0 Å². The number of likely N-dealkylation sites (N-methyl/N-ethyl adjacent to an activating group) is 1. The van der Waals surface area contributed by atoms with E-state index >= 15 is 0 Å². The molecular weight excluding hydrogens is 393 g/mol. The summed E-state index contributed by atoms with van der Waals surface area (Å²) in [5, 5.41) is 5.42. The Morgan fingerprint density at radius 1 is 1.30 bits per heavy atom. The first-order valence-corrected chi connectivity index (χ1v) is 9.57. The number of carbonyl (C=O) groups is 2. The third-order valence-electron chi connectivity index (χ3n) is 4.68. The number of furan rings is 1. The van der Waals surface area contributed by atoms with Gasteiger partial charge in [0.1, 0.15) is 24.9 Å². The second kappa shape index (κ2) is 9.45. The Morgan fingerprint density at radius 2 is 2.10 bits per heavy atom. The molecule has 2 atom stereocenters. The standard InChI is InChI=1S/C21H24FN3O5/c1-4-29-20(26)18-15(23-21(27)24-19(18)17-6-5-9-30-17)12-25(2)11-13-7-8-16(28-3)14(22)10-13/h5-10,19H,4,11-12H2,1-3H3,(H2,23,24,27)/p+1/t19-/m0/s1. The van der Waals surface area contributed by atoms with Crippen molar-refractivity contribution in [1.82, 2.24) is 10.6 Å². The topological polar surface area (TPSA) is 94.2 Å². The minimum absolute atomic E-state index is 0.176. The molecule has 0 aliphatic carbocycles. The fourth-order valence-corrected chi connectivity index (χ4v) is 3.41. The number of esters is 1. The zero-order chi connectivity index (χ0) is 21.7. The van der Waals surface area contributed by atoms with Crippen molar-refractivity contribution < 1.29 is 32.8 Å². The number of carbonyl (C=O) groups excluding carboxylic acids is 2. The van der Waals surface area contributed by atoms with E-state index in [4.69, 9.17) is 13.9 Å². The summed E-state index contributed by atoms with van der Waals surface area (Å²) in [6.07, 6.45) is 1.47. The van der Waals surface area contributed by atoms with Crippen LogP contribution in [0.15, 0.2) is 52.3 Å². The van der Waals surface area contributed by atoms with Crippen LogP contribution in [0, 0.1) is 5.82 Å². The summed E-state index contributed by atoms with van der Waals surface area (Å²) in [6, 6.07) is 6.93. The van der Waals surface area contributed by atoms with Crippen LogP contribution in [0.3, 0.4) is 0 Å².